The summed E-state index contributed by atoms with van der Waals surface area (Å²) in [5.74, 6) is 0. The van der Waals surface area contributed by atoms with Gasteiger partial charge < -0.3 is 8.85 Å². The molecule has 0 saturated heterocycles. The van der Waals surface area contributed by atoms with Crippen molar-refractivity contribution in [3.05, 3.63) is 11.8 Å². The van der Waals surface area contributed by atoms with E-state index in [-0.39, 0.29) is 0 Å². The Labute approximate surface area is 83.2 Å². The van der Waals surface area contributed by atoms with Gasteiger partial charge in [-0.25, -0.2) is 0 Å². The number of allylic oxidation sites excluding steroid dienone is 1. The zero-order valence-corrected chi connectivity index (χ0v) is 10.3. The highest BCUT2D eigenvalue weighted by atomic mass is 28.4. The SMILES string of the molecule is CCCC=C[Si](C)(OCC)OCC. The first kappa shape index (κ1) is 12.9. The molecule has 0 bridgehead atoms. The molecular formula is C10H22O2Si. The molecule has 0 spiro atoms. The van der Waals surface area contributed by atoms with Crippen LogP contribution in [-0.4, -0.2) is 21.8 Å². The van der Waals surface area contributed by atoms with Gasteiger partial charge in [-0.15, -0.1) is 0 Å². The Bertz CT molecular complexity index is 140. The van der Waals surface area contributed by atoms with E-state index in [9.17, 15) is 0 Å². The van der Waals surface area contributed by atoms with E-state index in [1.54, 1.807) is 0 Å². The molecule has 0 unspecified atom stereocenters. The van der Waals surface area contributed by atoms with Crippen LogP contribution in [0.3, 0.4) is 0 Å². The molecule has 3 heteroatoms. The second-order valence-corrected chi connectivity index (χ2v) is 6.02. The molecule has 0 rings (SSSR count). The largest absolute Gasteiger partial charge is 0.392 e. The van der Waals surface area contributed by atoms with Gasteiger partial charge >= 0.3 is 8.56 Å². The van der Waals surface area contributed by atoms with Gasteiger partial charge in [0.25, 0.3) is 0 Å². The lowest BCUT2D eigenvalue weighted by Gasteiger charge is -2.22. The molecule has 0 amide bonds. The third-order valence-corrected chi connectivity index (χ3v) is 4.30. The predicted molar refractivity (Wildman–Crippen MR) is 58.9 cm³/mol. The van der Waals surface area contributed by atoms with Crippen LogP contribution < -0.4 is 0 Å². The fourth-order valence-corrected chi connectivity index (χ4v) is 3.19. The minimum Gasteiger partial charge on any atom is -0.392 e. The minimum atomic E-state index is -1.97. The molecule has 2 nitrogen and oxygen atoms in total. The number of hydrogen-bond acceptors (Lipinski definition) is 2. The summed E-state index contributed by atoms with van der Waals surface area (Å²) in [6, 6.07) is 0. The first-order valence-electron chi connectivity index (χ1n) is 5.14. The normalized spacial score (nSPS) is 12.6. The molecular weight excluding hydrogens is 180 g/mol. The van der Waals surface area contributed by atoms with E-state index in [1.807, 2.05) is 13.8 Å². The highest BCUT2D eigenvalue weighted by Gasteiger charge is 2.26. The van der Waals surface area contributed by atoms with E-state index in [0.29, 0.717) is 0 Å². The summed E-state index contributed by atoms with van der Waals surface area (Å²) in [5.41, 5.74) is 2.14. The molecule has 0 aliphatic heterocycles. The first-order valence-corrected chi connectivity index (χ1v) is 7.53. The zero-order chi connectivity index (χ0) is 10.2. The lowest BCUT2D eigenvalue weighted by atomic mass is 10.3. The third kappa shape index (κ3) is 6.02. The molecule has 0 aliphatic carbocycles. The molecule has 0 radical (unpaired) electrons. The van der Waals surface area contributed by atoms with E-state index in [1.165, 1.54) is 6.42 Å². The van der Waals surface area contributed by atoms with Crippen LogP contribution in [0.5, 0.6) is 0 Å². The lowest BCUT2D eigenvalue weighted by Crippen LogP contribution is -2.36. The second kappa shape index (κ2) is 7.30. The van der Waals surface area contributed by atoms with E-state index >= 15 is 0 Å². The van der Waals surface area contributed by atoms with Gasteiger partial charge in [-0.2, -0.15) is 0 Å². The number of rotatable bonds is 7. The van der Waals surface area contributed by atoms with Crippen LogP contribution in [0, 0.1) is 0 Å². The Hall–Kier alpha value is -0.123. The summed E-state index contributed by atoms with van der Waals surface area (Å²) in [7, 11) is -1.97. The maximum atomic E-state index is 5.65. The molecule has 0 aromatic rings. The van der Waals surface area contributed by atoms with Gasteiger partial charge in [-0.1, -0.05) is 19.4 Å². The van der Waals surface area contributed by atoms with Gasteiger partial charge in [0.15, 0.2) is 0 Å². The first-order chi connectivity index (χ1) is 6.18. The third-order valence-electron chi connectivity index (χ3n) is 1.74. The quantitative estimate of drug-likeness (QED) is 0.591. The molecule has 0 N–H and O–H groups in total. The Kier molecular flexibility index (Phi) is 7.23. The van der Waals surface area contributed by atoms with Crippen molar-refractivity contribution in [2.75, 3.05) is 13.2 Å². The van der Waals surface area contributed by atoms with Crippen molar-refractivity contribution in [2.45, 2.75) is 40.2 Å². The summed E-state index contributed by atoms with van der Waals surface area (Å²) in [6.45, 7) is 9.75. The molecule has 0 heterocycles. The molecule has 0 fully saturated rings. The van der Waals surface area contributed by atoms with Gasteiger partial charge in [0.05, 0.1) is 0 Å². The van der Waals surface area contributed by atoms with Crippen LogP contribution in [0.2, 0.25) is 6.55 Å². The fourth-order valence-electron chi connectivity index (χ4n) is 1.18. The second-order valence-electron chi connectivity index (χ2n) is 3.07. The summed E-state index contributed by atoms with van der Waals surface area (Å²) < 4.78 is 11.3. The highest BCUT2D eigenvalue weighted by Crippen LogP contribution is 2.09. The van der Waals surface area contributed by atoms with E-state index < -0.39 is 8.56 Å². The summed E-state index contributed by atoms with van der Waals surface area (Å²) in [4.78, 5) is 0. The van der Waals surface area contributed by atoms with Crippen LogP contribution in [0.1, 0.15) is 33.6 Å². The zero-order valence-electron chi connectivity index (χ0n) is 9.30. The summed E-state index contributed by atoms with van der Waals surface area (Å²) in [6.07, 6.45) is 4.47. The molecule has 0 saturated carbocycles. The molecule has 0 aliphatic rings. The average Bonchev–Trinajstić information content (AvgIpc) is 2.05. The van der Waals surface area contributed by atoms with Crippen LogP contribution in [0.25, 0.3) is 0 Å². The van der Waals surface area contributed by atoms with Crippen LogP contribution in [0.15, 0.2) is 11.8 Å². The number of unbranched alkanes of at least 4 members (excludes halogenated alkanes) is 1. The van der Waals surface area contributed by atoms with Crippen molar-refractivity contribution in [1.82, 2.24) is 0 Å². The monoisotopic (exact) mass is 202 g/mol. The molecule has 0 aromatic carbocycles. The van der Waals surface area contributed by atoms with Crippen LogP contribution in [0.4, 0.5) is 0 Å². The molecule has 78 valence electrons. The van der Waals surface area contributed by atoms with Crippen molar-refractivity contribution in [3.8, 4) is 0 Å². The van der Waals surface area contributed by atoms with Crippen molar-refractivity contribution in [2.24, 2.45) is 0 Å². The molecule has 13 heavy (non-hydrogen) atoms. The maximum Gasteiger partial charge on any atom is 0.361 e. The van der Waals surface area contributed by atoms with E-state index in [2.05, 4.69) is 25.2 Å². The smallest absolute Gasteiger partial charge is 0.361 e. The summed E-state index contributed by atoms with van der Waals surface area (Å²) in [5, 5.41) is 0. The fraction of sp³-hybridized carbons (Fsp3) is 0.800. The Morgan fingerprint density at radius 2 is 1.62 bits per heavy atom. The van der Waals surface area contributed by atoms with Crippen molar-refractivity contribution in [3.63, 3.8) is 0 Å². The summed E-state index contributed by atoms with van der Waals surface area (Å²) >= 11 is 0. The van der Waals surface area contributed by atoms with Crippen molar-refractivity contribution < 1.29 is 8.85 Å². The van der Waals surface area contributed by atoms with Gasteiger partial charge in [-0.3, -0.25) is 0 Å². The lowest BCUT2D eigenvalue weighted by molar-refractivity contribution is 0.201. The van der Waals surface area contributed by atoms with E-state index in [0.717, 1.165) is 19.6 Å². The number of hydrogen-bond donors (Lipinski definition) is 0. The molecule has 0 aromatic heterocycles. The van der Waals surface area contributed by atoms with Gasteiger partial charge in [-0.05, 0) is 32.5 Å². The molecule has 0 atom stereocenters. The van der Waals surface area contributed by atoms with Crippen LogP contribution >= 0.6 is 0 Å². The van der Waals surface area contributed by atoms with Gasteiger partial charge in [0.2, 0.25) is 0 Å². The Balaban J connectivity index is 4.05. The van der Waals surface area contributed by atoms with Crippen molar-refractivity contribution >= 4 is 8.56 Å². The Morgan fingerprint density at radius 3 is 2.00 bits per heavy atom. The average molecular weight is 202 g/mol. The van der Waals surface area contributed by atoms with Gasteiger partial charge in [0.1, 0.15) is 0 Å². The maximum absolute atomic E-state index is 5.65. The van der Waals surface area contributed by atoms with E-state index in [4.69, 9.17) is 8.85 Å². The predicted octanol–water partition coefficient (Wildman–Crippen LogP) is 3.03. The minimum absolute atomic E-state index is 0.735. The highest BCUT2D eigenvalue weighted by molar-refractivity contribution is 6.71. The van der Waals surface area contributed by atoms with Gasteiger partial charge in [0, 0.05) is 13.2 Å². The van der Waals surface area contributed by atoms with Crippen molar-refractivity contribution in [1.29, 1.82) is 0 Å². The van der Waals surface area contributed by atoms with Crippen LogP contribution in [-0.2, 0) is 8.85 Å². The topological polar surface area (TPSA) is 18.5 Å². The standard InChI is InChI=1S/C10H22O2Si/c1-5-8-9-10-13(4,11-6-2)12-7-3/h9-10H,5-8H2,1-4H3. The Morgan fingerprint density at radius 1 is 1.08 bits per heavy atom.